The number of rotatable bonds is 1. The largest absolute Gasteiger partial charge is 0.319 e. The standard InChI is InChI=1S/C10H10N2O.H2/c1-2-7-10(13)12-9-6-4-3-5-8(9)11-7;/h3-6H,2H2,1H3,(H,12,13);1H. The van der Waals surface area contributed by atoms with E-state index < -0.39 is 0 Å². The van der Waals surface area contributed by atoms with Crippen molar-refractivity contribution >= 4 is 11.0 Å². The Bertz CT molecular complexity index is 493. The highest BCUT2D eigenvalue weighted by molar-refractivity contribution is 5.73. The van der Waals surface area contributed by atoms with Crippen LogP contribution in [0.2, 0.25) is 0 Å². The zero-order valence-corrected chi connectivity index (χ0v) is 7.37. The molecular weight excluding hydrogens is 164 g/mol. The lowest BCUT2D eigenvalue weighted by molar-refractivity contribution is 0.997. The van der Waals surface area contributed by atoms with Gasteiger partial charge in [0.25, 0.3) is 5.56 Å². The fourth-order valence-corrected chi connectivity index (χ4v) is 1.31. The summed E-state index contributed by atoms with van der Waals surface area (Å²) >= 11 is 0. The van der Waals surface area contributed by atoms with E-state index >= 15 is 0 Å². The van der Waals surface area contributed by atoms with E-state index in [1.54, 1.807) is 0 Å². The summed E-state index contributed by atoms with van der Waals surface area (Å²) < 4.78 is 0. The maximum absolute atomic E-state index is 11.3. The van der Waals surface area contributed by atoms with Gasteiger partial charge >= 0.3 is 0 Å². The average Bonchev–Trinajstić information content (AvgIpc) is 2.17. The minimum atomic E-state index is -0.0822. The van der Waals surface area contributed by atoms with E-state index in [0.29, 0.717) is 12.1 Å². The predicted octanol–water partition coefficient (Wildman–Crippen LogP) is 1.73. The van der Waals surface area contributed by atoms with Crippen LogP contribution in [-0.4, -0.2) is 9.97 Å². The Morgan fingerprint density at radius 2 is 2.23 bits per heavy atom. The molecule has 1 aromatic carbocycles. The number of hydrogen-bond acceptors (Lipinski definition) is 2. The second-order valence-corrected chi connectivity index (χ2v) is 2.88. The molecule has 0 atom stereocenters. The summed E-state index contributed by atoms with van der Waals surface area (Å²) in [6.07, 6.45) is 0.667. The van der Waals surface area contributed by atoms with E-state index in [0.717, 1.165) is 11.0 Å². The van der Waals surface area contributed by atoms with E-state index in [4.69, 9.17) is 0 Å². The summed E-state index contributed by atoms with van der Waals surface area (Å²) in [7, 11) is 0. The van der Waals surface area contributed by atoms with Crippen LogP contribution >= 0.6 is 0 Å². The summed E-state index contributed by atoms with van der Waals surface area (Å²) in [6, 6.07) is 7.53. The molecule has 1 aromatic heterocycles. The molecule has 1 N–H and O–H groups in total. The second-order valence-electron chi connectivity index (χ2n) is 2.88. The first-order valence-electron chi connectivity index (χ1n) is 4.29. The summed E-state index contributed by atoms with van der Waals surface area (Å²) in [4.78, 5) is 18.4. The van der Waals surface area contributed by atoms with Gasteiger partial charge in [-0.2, -0.15) is 0 Å². The Labute approximate surface area is 76.9 Å². The Kier molecular flexibility index (Phi) is 1.85. The van der Waals surface area contributed by atoms with Gasteiger partial charge in [0.2, 0.25) is 0 Å². The first-order chi connectivity index (χ1) is 6.31. The molecule has 0 fully saturated rings. The number of benzene rings is 1. The van der Waals surface area contributed by atoms with Crippen LogP contribution in [0, 0.1) is 0 Å². The van der Waals surface area contributed by atoms with Crippen molar-refractivity contribution in [2.75, 3.05) is 0 Å². The van der Waals surface area contributed by atoms with Crippen LogP contribution in [0.15, 0.2) is 29.1 Å². The third kappa shape index (κ3) is 1.33. The summed E-state index contributed by atoms with van der Waals surface area (Å²) in [5.74, 6) is 0. The van der Waals surface area contributed by atoms with Crippen molar-refractivity contribution < 1.29 is 1.43 Å². The van der Waals surface area contributed by atoms with Crippen LogP contribution in [0.5, 0.6) is 0 Å². The van der Waals surface area contributed by atoms with Gasteiger partial charge in [0, 0.05) is 1.43 Å². The van der Waals surface area contributed by atoms with E-state index in [-0.39, 0.29) is 6.99 Å². The normalized spacial score (nSPS) is 10.5. The van der Waals surface area contributed by atoms with Gasteiger partial charge < -0.3 is 4.98 Å². The number of nitrogens with zero attached hydrogens (tertiary/aromatic N) is 1. The maximum atomic E-state index is 11.3. The van der Waals surface area contributed by atoms with Crippen LogP contribution < -0.4 is 5.56 Å². The molecule has 68 valence electrons. The molecule has 2 aromatic rings. The predicted molar refractivity (Wildman–Crippen MR) is 53.9 cm³/mol. The van der Waals surface area contributed by atoms with Crippen molar-refractivity contribution in [2.45, 2.75) is 13.3 Å². The molecule has 13 heavy (non-hydrogen) atoms. The van der Waals surface area contributed by atoms with Crippen molar-refractivity contribution in [3.05, 3.63) is 40.3 Å². The summed E-state index contributed by atoms with van der Waals surface area (Å²) in [6.45, 7) is 1.92. The lowest BCUT2D eigenvalue weighted by atomic mass is 10.3. The van der Waals surface area contributed by atoms with Crippen LogP contribution in [0.3, 0.4) is 0 Å². The fraction of sp³-hybridized carbons (Fsp3) is 0.200. The SMILES string of the molecule is CCc1nc2ccccc2[nH]c1=O.[HH]. The molecule has 0 aliphatic heterocycles. The minimum Gasteiger partial charge on any atom is -0.319 e. The molecule has 3 heteroatoms. The topological polar surface area (TPSA) is 45.8 Å². The molecule has 1 heterocycles. The van der Waals surface area contributed by atoms with Crippen LogP contribution in [0.4, 0.5) is 0 Å². The number of hydrogen-bond donors (Lipinski definition) is 1. The fourth-order valence-electron chi connectivity index (χ4n) is 1.31. The van der Waals surface area contributed by atoms with E-state index in [9.17, 15) is 4.79 Å². The number of fused-ring (bicyclic) bond motifs is 1. The maximum Gasteiger partial charge on any atom is 0.270 e. The highest BCUT2D eigenvalue weighted by Crippen LogP contribution is 2.05. The van der Waals surface area contributed by atoms with E-state index in [1.807, 2.05) is 31.2 Å². The molecule has 0 saturated carbocycles. The Morgan fingerprint density at radius 3 is 3.00 bits per heavy atom. The third-order valence-corrected chi connectivity index (χ3v) is 2.00. The number of aromatic nitrogens is 2. The van der Waals surface area contributed by atoms with Gasteiger partial charge in [-0.3, -0.25) is 4.79 Å². The van der Waals surface area contributed by atoms with Crippen molar-refractivity contribution in [1.82, 2.24) is 9.97 Å². The van der Waals surface area contributed by atoms with Crippen LogP contribution in [0.1, 0.15) is 14.0 Å². The smallest absolute Gasteiger partial charge is 0.270 e. The first-order valence-corrected chi connectivity index (χ1v) is 4.29. The van der Waals surface area contributed by atoms with Gasteiger partial charge in [0.1, 0.15) is 5.69 Å². The number of nitrogens with one attached hydrogen (secondary N) is 1. The average molecular weight is 176 g/mol. The van der Waals surface area contributed by atoms with Gasteiger partial charge in [-0.15, -0.1) is 0 Å². The Morgan fingerprint density at radius 1 is 1.46 bits per heavy atom. The van der Waals surface area contributed by atoms with Crippen molar-refractivity contribution in [3.63, 3.8) is 0 Å². The second kappa shape index (κ2) is 3.01. The summed E-state index contributed by atoms with van der Waals surface area (Å²) in [5.41, 5.74) is 2.16. The molecule has 0 radical (unpaired) electrons. The van der Waals surface area contributed by atoms with Gasteiger partial charge in [-0.05, 0) is 18.6 Å². The Balaban J connectivity index is 0.000000980. The number of para-hydroxylation sites is 2. The van der Waals surface area contributed by atoms with E-state index in [1.165, 1.54) is 0 Å². The molecule has 3 nitrogen and oxygen atoms in total. The monoisotopic (exact) mass is 176 g/mol. The molecule has 0 amide bonds. The number of H-pyrrole nitrogens is 1. The molecule has 2 rings (SSSR count). The van der Waals surface area contributed by atoms with Gasteiger partial charge in [-0.25, -0.2) is 4.98 Å². The summed E-state index contributed by atoms with van der Waals surface area (Å²) in [5, 5.41) is 0. The molecule has 0 spiro atoms. The molecule has 0 unspecified atom stereocenters. The van der Waals surface area contributed by atoms with Crippen molar-refractivity contribution in [3.8, 4) is 0 Å². The Hall–Kier alpha value is -1.64. The van der Waals surface area contributed by atoms with Gasteiger partial charge in [-0.1, -0.05) is 19.1 Å². The lowest BCUT2D eigenvalue weighted by Gasteiger charge is -1.98. The quantitative estimate of drug-likeness (QED) is 0.719. The first kappa shape index (κ1) is 7.98. The lowest BCUT2D eigenvalue weighted by Crippen LogP contribution is -2.13. The zero-order valence-electron chi connectivity index (χ0n) is 7.37. The highest BCUT2D eigenvalue weighted by atomic mass is 16.1. The molecule has 0 bridgehead atoms. The number of aromatic amines is 1. The van der Waals surface area contributed by atoms with Crippen LogP contribution in [-0.2, 0) is 6.42 Å². The van der Waals surface area contributed by atoms with Crippen molar-refractivity contribution in [1.29, 1.82) is 0 Å². The molecule has 0 aliphatic carbocycles. The van der Waals surface area contributed by atoms with Crippen LogP contribution in [0.25, 0.3) is 11.0 Å². The molecule has 0 aliphatic rings. The van der Waals surface area contributed by atoms with Crippen molar-refractivity contribution in [2.24, 2.45) is 0 Å². The van der Waals surface area contributed by atoms with E-state index in [2.05, 4.69) is 9.97 Å². The highest BCUT2D eigenvalue weighted by Gasteiger charge is 2.00. The number of aryl methyl sites for hydroxylation is 1. The third-order valence-electron chi connectivity index (χ3n) is 2.00. The zero-order chi connectivity index (χ0) is 9.26. The molecule has 0 saturated heterocycles. The van der Waals surface area contributed by atoms with Gasteiger partial charge in [0.15, 0.2) is 0 Å². The minimum absolute atomic E-state index is 0. The van der Waals surface area contributed by atoms with Gasteiger partial charge in [0.05, 0.1) is 11.0 Å². The molecular formula is C10H12N2O.